The number of ketones is 1. The molecule has 1 aromatic heterocycles. The number of hydrogen-bond acceptors (Lipinski definition) is 5. The molecule has 1 amide bonds. The molecule has 0 aliphatic heterocycles. The summed E-state index contributed by atoms with van der Waals surface area (Å²) < 4.78 is 0. The van der Waals surface area contributed by atoms with E-state index in [2.05, 4.69) is 17.2 Å². The summed E-state index contributed by atoms with van der Waals surface area (Å²) in [6.45, 7) is 4.11. The Kier molecular flexibility index (Phi) is 4.90. The van der Waals surface area contributed by atoms with Gasteiger partial charge in [-0.3, -0.25) is 9.59 Å². The largest absolute Gasteiger partial charge is 0.393 e. The van der Waals surface area contributed by atoms with Gasteiger partial charge in [0.15, 0.2) is 5.78 Å². The maximum atomic E-state index is 13.6. The maximum Gasteiger partial charge on any atom is 0.258 e. The second kappa shape index (κ2) is 7.58. The van der Waals surface area contributed by atoms with Crippen LogP contribution in [0.3, 0.4) is 0 Å². The summed E-state index contributed by atoms with van der Waals surface area (Å²) in [7, 11) is 0. The van der Waals surface area contributed by atoms with Gasteiger partial charge in [0.2, 0.25) is 0 Å². The van der Waals surface area contributed by atoms with Gasteiger partial charge < -0.3 is 15.5 Å². The standard InChI is InChI=1S/C29H32N2O4/c1-27-13-11-19(32)15-18(27)8-9-20-21-12-14-29(35,28(21,2)16-23(33)25(20)27)26(34)31-24-10-7-17-5-3-4-6-22(17)30-24/h3-7,10-11,13,15,20-21,23,25,33,35H,8-9,12,14,16H2,1-2H3,(H,30,31,34)/t20?,21?,23-,25?,27?,28?,29-/m0/s1. The van der Waals surface area contributed by atoms with Crippen molar-refractivity contribution in [3.05, 3.63) is 60.2 Å². The molecule has 6 heteroatoms. The Morgan fingerprint density at radius 2 is 1.94 bits per heavy atom. The molecule has 0 spiro atoms. The van der Waals surface area contributed by atoms with Gasteiger partial charge in [0, 0.05) is 22.1 Å². The number of benzene rings is 1. The molecular weight excluding hydrogens is 440 g/mol. The quantitative estimate of drug-likeness (QED) is 0.609. The number of aliphatic hydroxyl groups is 2. The van der Waals surface area contributed by atoms with Crippen LogP contribution in [0.4, 0.5) is 5.82 Å². The summed E-state index contributed by atoms with van der Waals surface area (Å²) in [6.07, 6.45) is 7.77. The number of fused-ring (bicyclic) bond motifs is 6. The number of pyridine rings is 1. The first-order chi connectivity index (χ1) is 16.7. The van der Waals surface area contributed by atoms with Crippen LogP contribution in [-0.2, 0) is 9.59 Å². The molecule has 3 fully saturated rings. The Morgan fingerprint density at radius 3 is 2.77 bits per heavy atom. The van der Waals surface area contributed by atoms with Crippen LogP contribution >= 0.6 is 0 Å². The van der Waals surface area contributed by atoms with Crippen molar-refractivity contribution in [2.24, 2.45) is 28.6 Å². The number of para-hydroxylation sites is 1. The van der Waals surface area contributed by atoms with Gasteiger partial charge in [-0.15, -0.1) is 0 Å². The minimum atomic E-state index is -1.59. The highest BCUT2D eigenvalue weighted by Gasteiger charge is 2.68. The molecular formula is C29H32N2O4. The van der Waals surface area contributed by atoms with Crippen LogP contribution in [0.15, 0.2) is 60.2 Å². The van der Waals surface area contributed by atoms with E-state index < -0.39 is 23.0 Å². The lowest BCUT2D eigenvalue weighted by molar-refractivity contribution is -0.174. The number of hydrogen-bond donors (Lipinski definition) is 3. The van der Waals surface area contributed by atoms with E-state index in [9.17, 15) is 19.8 Å². The molecule has 0 bridgehead atoms. The third kappa shape index (κ3) is 3.12. The maximum absolute atomic E-state index is 13.6. The molecule has 0 saturated heterocycles. The van der Waals surface area contributed by atoms with Crippen LogP contribution in [0.25, 0.3) is 10.9 Å². The van der Waals surface area contributed by atoms with E-state index in [0.717, 1.165) is 35.7 Å². The molecule has 35 heavy (non-hydrogen) atoms. The highest BCUT2D eigenvalue weighted by atomic mass is 16.3. The predicted molar refractivity (Wildman–Crippen MR) is 133 cm³/mol. The fourth-order valence-electron chi connectivity index (χ4n) is 8.06. The van der Waals surface area contributed by atoms with E-state index in [1.807, 2.05) is 43.3 Å². The fourth-order valence-corrected chi connectivity index (χ4v) is 8.06. The van der Waals surface area contributed by atoms with Crippen molar-refractivity contribution in [2.75, 3.05) is 5.32 Å². The molecule has 6 rings (SSSR count). The van der Waals surface area contributed by atoms with Crippen LogP contribution in [0.5, 0.6) is 0 Å². The van der Waals surface area contributed by atoms with Gasteiger partial charge >= 0.3 is 0 Å². The molecule has 3 saturated carbocycles. The Labute approximate surface area is 205 Å². The van der Waals surface area contributed by atoms with Crippen LogP contribution in [0.2, 0.25) is 0 Å². The number of anilines is 1. The molecule has 1 heterocycles. The molecule has 5 unspecified atom stereocenters. The van der Waals surface area contributed by atoms with Gasteiger partial charge in [-0.1, -0.05) is 43.7 Å². The second-order valence-electron chi connectivity index (χ2n) is 11.5. The van der Waals surface area contributed by atoms with Gasteiger partial charge in [0.05, 0.1) is 11.6 Å². The van der Waals surface area contributed by atoms with E-state index in [1.54, 1.807) is 18.2 Å². The summed E-state index contributed by atoms with van der Waals surface area (Å²) in [6, 6.07) is 11.4. The number of allylic oxidation sites excluding steroid dienone is 4. The first kappa shape index (κ1) is 22.6. The van der Waals surface area contributed by atoms with Gasteiger partial charge in [0.25, 0.3) is 5.91 Å². The minimum absolute atomic E-state index is 0.0141. The monoisotopic (exact) mass is 472 g/mol. The average Bonchev–Trinajstić information content (AvgIpc) is 3.10. The topological polar surface area (TPSA) is 99.5 Å². The predicted octanol–water partition coefficient (Wildman–Crippen LogP) is 4.18. The lowest BCUT2D eigenvalue weighted by Crippen LogP contribution is -2.62. The first-order valence-electron chi connectivity index (χ1n) is 12.7. The lowest BCUT2D eigenvalue weighted by Gasteiger charge is -2.59. The summed E-state index contributed by atoms with van der Waals surface area (Å²) in [5.74, 6) is 0.241. The molecule has 2 aromatic rings. The SMILES string of the molecule is CC12C=CC(=O)C=C1CCC1C2[C@@H](O)CC2(C)C1CC[C@]2(O)C(=O)Nc1ccc2ccccc2n1. The molecule has 182 valence electrons. The van der Waals surface area contributed by atoms with E-state index in [4.69, 9.17) is 0 Å². The zero-order chi connectivity index (χ0) is 24.6. The second-order valence-corrected chi connectivity index (χ2v) is 11.5. The van der Waals surface area contributed by atoms with E-state index >= 15 is 0 Å². The lowest BCUT2D eigenvalue weighted by atomic mass is 9.46. The van der Waals surface area contributed by atoms with E-state index in [0.29, 0.717) is 18.7 Å². The zero-order valence-corrected chi connectivity index (χ0v) is 20.2. The number of nitrogens with one attached hydrogen (secondary N) is 1. The van der Waals surface area contributed by atoms with Crippen molar-refractivity contribution in [3.63, 3.8) is 0 Å². The van der Waals surface area contributed by atoms with Crippen molar-refractivity contribution < 1.29 is 19.8 Å². The van der Waals surface area contributed by atoms with Crippen molar-refractivity contribution in [1.82, 2.24) is 4.98 Å². The highest BCUT2D eigenvalue weighted by Crippen LogP contribution is 2.67. The number of carbonyl (C=O) groups is 2. The fraction of sp³-hybridized carbons (Fsp3) is 0.483. The zero-order valence-electron chi connectivity index (χ0n) is 20.2. The summed E-state index contributed by atoms with van der Waals surface area (Å²) in [5.41, 5.74) is -0.827. The normalized spacial score (nSPS) is 40.0. The third-order valence-electron chi connectivity index (χ3n) is 9.86. The van der Waals surface area contributed by atoms with Crippen LogP contribution < -0.4 is 5.32 Å². The van der Waals surface area contributed by atoms with Gasteiger partial charge in [-0.25, -0.2) is 4.98 Å². The Hall–Kier alpha value is -2.83. The van der Waals surface area contributed by atoms with Gasteiger partial charge in [-0.05, 0) is 74.3 Å². The third-order valence-corrected chi connectivity index (χ3v) is 9.86. The van der Waals surface area contributed by atoms with Crippen LogP contribution in [0, 0.1) is 28.6 Å². The van der Waals surface area contributed by atoms with Crippen molar-refractivity contribution in [2.45, 2.75) is 57.7 Å². The number of aliphatic hydroxyl groups excluding tert-OH is 1. The molecule has 1 aromatic carbocycles. The Balaban J connectivity index is 1.30. The molecule has 4 aliphatic carbocycles. The van der Waals surface area contributed by atoms with E-state index in [-0.39, 0.29) is 29.0 Å². The number of amides is 1. The van der Waals surface area contributed by atoms with Gasteiger partial charge in [0.1, 0.15) is 11.4 Å². The Morgan fingerprint density at radius 1 is 1.14 bits per heavy atom. The summed E-state index contributed by atoms with van der Waals surface area (Å²) >= 11 is 0. The molecule has 3 N–H and O–H groups in total. The summed E-state index contributed by atoms with van der Waals surface area (Å²) in [4.78, 5) is 30.1. The van der Waals surface area contributed by atoms with Crippen molar-refractivity contribution >= 4 is 28.4 Å². The summed E-state index contributed by atoms with van der Waals surface area (Å²) in [5, 5.41) is 27.3. The van der Waals surface area contributed by atoms with Crippen LogP contribution in [0.1, 0.15) is 46.0 Å². The smallest absolute Gasteiger partial charge is 0.258 e. The van der Waals surface area contributed by atoms with Gasteiger partial charge in [-0.2, -0.15) is 0 Å². The number of rotatable bonds is 2. The van der Waals surface area contributed by atoms with Crippen LogP contribution in [-0.4, -0.2) is 38.6 Å². The molecule has 7 atom stereocenters. The molecule has 0 radical (unpaired) electrons. The highest BCUT2D eigenvalue weighted by molar-refractivity contribution is 6.01. The minimum Gasteiger partial charge on any atom is -0.393 e. The number of nitrogens with zero attached hydrogens (tertiary/aromatic N) is 1. The molecule has 4 aliphatic rings. The number of aromatic nitrogens is 1. The van der Waals surface area contributed by atoms with E-state index in [1.165, 1.54) is 0 Å². The van der Waals surface area contributed by atoms with Crippen molar-refractivity contribution in [3.8, 4) is 0 Å². The first-order valence-corrected chi connectivity index (χ1v) is 12.7. The Bertz CT molecular complexity index is 1300. The molecule has 6 nitrogen and oxygen atoms in total. The van der Waals surface area contributed by atoms with Crippen molar-refractivity contribution in [1.29, 1.82) is 0 Å². The number of carbonyl (C=O) groups excluding carboxylic acids is 2. The average molecular weight is 473 g/mol.